The van der Waals surface area contributed by atoms with Crippen molar-refractivity contribution in [3.8, 4) is 0 Å². The molecule has 2 N–H and O–H groups in total. The smallest absolute Gasteiger partial charge is 0.228 e. The van der Waals surface area contributed by atoms with Gasteiger partial charge in [0.1, 0.15) is 0 Å². The Morgan fingerprint density at radius 3 is 2.47 bits per heavy atom. The number of hydrogen-bond acceptors (Lipinski definition) is 3. The van der Waals surface area contributed by atoms with Gasteiger partial charge in [-0.25, -0.2) is 0 Å². The Hall–Kier alpha value is -1.10. The van der Waals surface area contributed by atoms with Gasteiger partial charge in [-0.15, -0.1) is 0 Å². The fourth-order valence-corrected chi connectivity index (χ4v) is 3.03. The molecule has 0 atom stereocenters. The van der Waals surface area contributed by atoms with Crippen LogP contribution in [0, 0.1) is 0 Å². The van der Waals surface area contributed by atoms with Crippen molar-refractivity contribution in [1.29, 1.82) is 0 Å². The largest absolute Gasteiger partial charge is 0.369 e. The first-order valence-corrected chi connectivity index (χ1v) is 6.84. The summed E-state index contributed by atoms with van der Waals surface area (Å²) in [7, 11) is 0. The number of hydrogen-bond donors (Lipinski definition) is 1. The summed E-state index contributed by atoms with van der Waals surface area (Å²) in [5.74, 6) is -0.278. The lowest BCUT2D eigenvalue weighted by atomic mass is 9.64. The predicted molar refractivity (Wildman–Crippen MR) is 70.8 cm³/mol. The monoisotopic (exact) mass is 281 g/mol. The van der Waals surface area contributed by atoms with E-state index in [0.29, 0.717) is 18.2 Å². The van der Waals surface area contributed by atoms with Gasteiger partial charge in [0.05, 0.1) is 18.6 Å². The number of carbonyl (C=O) groups excluding carboxylic acids is 1. The Bertz CT molecular complexity index is 507. The van der Waals surface area contributed by atoms with Crippen molar-refractivity contribution in [2.75, 3.05) is 13.2 Å². The van der Waals surface area contributed by atoms with E-state index in [0.717, 1.165) is 30.4 Å². The molecule has 0 spiro atoms. The molecule has 0 aromatic heterocycles. The van der Waals surface area contributed by atoms with Crippen LogP contribution in [0.15, 0.2) is 18.2 Å². The van der Waals surface area contributed by atoms with E-state index in [4.69, 9.17) is 26.8 Å². The van der Waals surface area contributed by atoms with Crippen LogP contribution >= 0.6 is 11.6 Å². The summed E-state index contributed by atoms with van der Waals surface area (Å²) >= 11 is 6.16. The van der Waals surface area contributed by atoms with E-state index in [1.165, 1.54) is 0 Å². The number of halogens is 1. The maximum atomic E-state index is 11.8. The molecule has 1 heterocycles. The van der Waals surface area contributed by atoms with Gasteiger partial charge in [0, 0.05) is 10.6 Å². The number of ether oxygens (including phenoxy) is 2. The molecule has 1 amide bonds. The van der Waals surface area contributed by atoms with Gasteiger partial charge in [0.15, 0.2) is 6.29 Å². The Balaban J connectivity index is 1.99. The number of carbonyl (C=O) groups is 1. The van der Waals surface area contributed by atoms with Crippen LogP contribution in [0.4, 0.5) is 0 Å². The minimum absolute atomic E-state index is 0.278. The Labute approximate surface area is 116 Å². The molecule has 1 saturated heterocycles. The summed E-state index contributed by atoms with van der Waals surface area (Å²) in [6, 6.07) is 5.57. The molecule has 4 nitrogen and oxygen atoms in total. The maximum absolute atomic E-state index is 11.8. The standard InChI is InChI=1S/C14H16ClNO3/c15-11-7-9(12-18-4-5-19-12)6-10(8-11)14(13(16)17)2-1-3-14/h6-8,12H,1-5H2,(H2,16,17). The Morgan fingerprint density at radius 2 is 1.95 bits per heavy atom. The van der Waals surface area contributed by atoms with E-state index < -0.39 is 5.41 Å². The van der Waals surface area contributed by atoms with Crippen LogP contribution in [-0.2, 0) is 19.7 Å². The zero-order chi connectivity index (χ0) is 13.5. The first-order valence-electron chi connectivity index (χ1n) is 6.46. The molecule has 19 heavy (non-hydrogen) atoms. The molecular formula is C14H16ClNO3. The zero-order valence-corrected chi connectivity index (χ0v) is 11.3. The van der Waals surface area contributed by atoms with Crippen LogP contribution < -0.4 is 5.73 Å². The molecule has 1 aromatic carbocycles. The van der Waals surface area contributed by atoms with Crippen LogP contribution in [0.1, 0.15) is 36.7 Å². The molecule has 0 bridgehead atoms. The number of amides is 1. The molecule has 2 aliphatic rings. The highest BCUT2D eigenvalue weighted by Gasteiger charge is 2.44. The molecule has 1 aromatic rings. The Morgan fingerprint density at radius 1 is 1.26 bits per heavy atom. The number of benzene rings is 1. The van der Waals surface area contributed by atoms with Crippen LogP contribution in [0.2, 0.25) is 5.02 Å². The van der Waals surface area contributed by atoms with Crippen LogP contribution in [0.25, 0.3) is 0 Å². The summed E-state index contributed by atoms with van der Waals surface area (Å²) in [6.45, 7) is 1.15. The predicted octanol–water partition coefficient (Wildman–Crippen LogP) is 2.29. The van der Waals surface area contributed by atoms with Gasteiger partial charge in [-0.05, 0) is 36.6 Å². The van der Waals surface area contributed by atoms with Crippen molar-refractivity contribution < 1.29 is 14.3 Å². The average molecular weight is 282 g/mol. The Kier molecular flexibility index (Phi) is 3.25. The summed E-state index contributed by atoms with van der Waals surface area (Å²) < 4.78 is 11.0. The highest BCUT2D eigenvalue weighted by Crippen LogP contribution is 2.45. The summed E-state index contributed by atoms with van der Waals surface area (Å²) in [6.07, 6.45) is 2.20. The first-order chi connectivity index (χ1) is 9.12. The first kappa shape index (κ1) is 12.9. The summed E-state index contributed by atoms with van der Waals surface area (Å²) in [5, 5.41) is 0.583. The highest BCUT2D eigenvalue weighted by molar-refractivity contribution is 6.30. The second-order valence-corrected chi connectivity index (χ2v) is 5.58. The topological polar surface area (TPSA) is 61.6 Å². The third kappa shape index (κ3) is 2.14. The SMILES string of the molecule is NC(=O)C1(c2cc(Cl)cc(C3OCCO3)c2)CCC1. The normalized spacial score (nSPS) is 22.2. The minimum Gasteiger partial charge on any atom is -0.369 e. The molecule has 0 unspecified atom stereocenters. The average Bonchev–Trinajstić information content (AvgIpc) is 2.79. The van der Waals surface area contributed by atoms with Crippen molar-refractivity contribution in [2.45, 2.75) is 31.0 Å². The molecule has 102 valence electrons. The third-order valence-electron chi connectivity index (χ3n) is 4.05. The molecule has 5 heteroatoms. The van der Waals surface area contributed by atoms with Gasteiger partial charge >= 0.3 is 0 Å². The van der Waals surface area contributed by atoms with Gasteiger partial charge in [0.25, 0.3) is 0 Å². The van der Waals surface area contributed by atoms with Crippen molar-refractivity contribution in [2.24, 2.45) is 5.73 Å². The van der Waals surface area contributed by atoms with Crippen LogP contribution in [0.5, 0.6) is 0 Å². The molecular weight excluding hydrogens is 266 g/mol. The third-order valence-corrected chi connectivity index (χ3v) is 4.26. The molecule has 0 radical (unpaired) electrons. The molecule has 1 saturated carbocycles. The van der Waals surface area contributed by atoms with E-state index in [9.17, 15) is 4.79 Å². The summed E-state index contributed by atoms with van der Waals surface area (Å²) in [5.41, 5.74) is 6.75. The molecule has 1 aliphatic carbocycles. The van der Waals surface area contributed by atoms with E-state index in [2.05, 4.69) is 0 Å². The fraction of sp³-hybridized carbons (Fsp3) is 0.500. The van der Waals surface area contributed by atoms with Gasteiger partial charge in [-0.1, -0.05) is 18.0 Å². The van der Waals surface area contributed by atoms with E-state index in [1.54, 1.807) is 0 Å². The lowest BCUT2D eigenvalue weighted by Crippen LogP contribution is -2.46. The van der Waals surface area contributed by atoms with Gasteiger partial charge in [-0.3, -0.25) is 4.79 Å². The van der Waals surface area contributed by atoms with Crippen molar-refractivity contribution >= 4 is 17.5 Å². The quantitative estimate of drug-likeness (QED) is 0.925. The fourth-order valence-electron chi connectivity index (χ4n) is 2.78. The van der Waals surface area contributed by atoms with Crippen molar-refractivity contribution in [3.63, 3.8) is 0 Å². The van der Waals surface area contributed by atoms with Gasteiger partial charge in [0.2, 0.25) is 5.91 Å². The molecule has 3 rings (SSSR count). The van der Waals surface area contributed by atoms with E-state index in [1.807, 2.05) is 18.2 Å². The number of primary amides is 1. The second kappa shape index (κ2) is 4.78. The van der Waals surface area contributed by atoms with Gasteiger partial charge < -0.3 is 15.2 Å². The number of nitrogens with two attached hydrogens (primary N) is 1. The zero-order valence-electron chi connectivity index (χ0n) is 10.5. The van der Waals surface area contributed by atoms with Crippen LogP contribution in [0.3, 0.4) is 0 Å². The van der Waals surface area contributed by atoms with Gasteiger partial charge in [-0.2, -0.15) is 0 Å². The highest BCUT2D eigenvalue weighted by atomic mass is 35.5. The molecule has 1 aliphatic heterocycles. The lowest BCUT2D eigenvalue weighted by molar-refractivity contribution is -0.126. The lowest BCUT2D eigenvalue weighted by Gasteiger charge is -2.39. The van der Waals surface area contributed by atoms with E-state index >= 15 is 0 Å². The van der Waals surface area contributed by atoms with Crippen molar-refractivity contribution in [3.05, 3.63) is 34.3 Å². The summed E-state index contributed by atoms with van der Waals surface area (Å²) in [4.78, 5) is 11.8. The second-order valence-electron chi connectivity index (χ2n) is 5.15. The minimum atomic E-state index is -0.557. The van der Waals surface area contributed by atoms with E-state index in [-0.39, 0.29) is 12.2 Å². The maximum Gasteiger partial charge on any atom is 0.228 e. The molecule has 2 fully saturated rings. The number of rotatable bonds is 3. The van der Waals surface area contributed by atoms with Crippen LogP contribution in [-0.4, -0.2) is 19.1 Å². The van der Waals surface area contributed by atoms with Crippen molar-refractivity contribution in [1.82, 2.24) is 0 Å².